The largest absolute Gasteiger partial charge is 0.494 e. The van der Waals surface area contributed by atoms with E-state index in [2.05, 4.69) is 26.0 Å². The molecule has 0 spiro atoms. The first-order valence-electron chi connectivity index (χ1n) is 7.09. The molecule has 0 aliphatic carbocycles. The van der Waals surface area contributed by atoms with Crippen LogP contribution >= 0.6 is 0 Å². The molecule has 0 aromatic heterocycles. The molecule has 0 amide bonds. The second-order valence-electron chi connectivity index (χ2n) is 5.23. The highest BCUT2D eigenvalue weighted by atomic mass is 16.5. The summed E-state index contributed by atoms with van der Waals surface area (Å²) >= 11 is 0. The number of rotatable bonds is 8. The minimum atomic E-state index is -0.0194. The van der Waals surface area contributed by atoms with Gasteiger partial charge in [0.15, 0.2) is 0 Å². The SMILES string of the molecule is CCOc1ccc(CCC(CO)CO)cc1C(C)C. The maximum Gasteiger partial charge on any atom is 0.122 e. The van der Waals surface area contributed by atoms with Crippen molar-refractivity contribution in [2.75, 3.05) is 19.8 Å². The monoisotopic (exact) mass is 266 g/mol. The summed E-state index contributed by atoms with van der Waals surface area (Å²) in [6.45, 7) is 7.08. The van der Waals surface area contributed by atoms with E-state index in [1.807, 2.05) is 13.0 Å². The highest BCUT2D eigenvalue weighted by molar-refractivity contribution is 5.39. The second-order valence-corrected chi connectivity index (χ2v) is 5.23. The van der Waals surface area contributed by atoms with Crippen molar-refractivity contribution < 1.29 is 14.9 Å². The Balaban J connectivity index is 2.77. The van der Waals surface area contributed by atoms with Gasteiger partial charge in [-0.2, -0.15) is 0 Å². The van der Waals surface area contributed by atoms with Gasteiger partial charge in [-0.05, 0) is 42.9 Å². The van der Waals surface area contributed by atoms with Crippen LogP contribution in [0.1, 0.15) is 44.2 Å². The molecule has 1 rings (SSSR count). The minimum absolute atomic E-state index is 0.0194. The van der Waals surface area contributed by atoms with E-state index in [4.69, 9.17) is 14.9 Å². The third-order valence-electron chi connectivity index (χ3n) is 3.35. The molecule has 0 fully saturated rings. The quantitative estimate of drug-likeness (QED) is 0.760. The number of hydrogen-bond acceptors (Lipinski definition) is 3. The molecule has 3 heteroatoms. The number of aliphatic hydroxyl groups excluding tert-OH is 2. The summed E-state index contributed by atoms with van der Waals surface area (Å²) < 4.78 is 5.64. The highest BCUT2D eigenvalue weighted by Crippen LogP contribution is 2.28. The average Bonchev–Trinajstić information content (AvgIpc) is 2.41. The molecule has 1 aromatic rings. The van der Waals surface area contributed by atoms with Gasteiger partial charge in [-0.1, -0.05) is 26.0 Å². The zero-order chi connectivity index (χ0) is 14.3. The lowest BCUT2D eigenvalue weighted by molar-refractivity contribution is 0.144. The number of aliphatic hydroxyl groups is 2. The van der Waals surface area contributed by atoms with Crippen LogP contribution in [-0.4, -0.2) is 30.0 Å². The van der Waals surface area contributed by atoms with Gasteiger partial charge in [-0.3, -0.25) is 0 Å². The summed E-state index contributed by atoms with van der Waals surface area (Å²) in [5.41, 5.74) is 2.46. The normalized spacial score (nSPS) is 11.3. The topological polar surface area (TPSA) is 49.7 Å². The third-order valence-corrected chi connectivity index (χ3v) is 3.35. The molecule has 0 saturated carbocycles. The highest BCUT2D eigenvalue weighted by Gasteiger charge is 2.10. The van der Waals surface area contributed by atoms with E-state index < -0.39 is 0 Å². The first-order chi connectivity index (χ1) is 9.12. The predicted molar refractivity (Wildman–Crippen MR) is 77.7 cm³/mol. The third kappa shape index (κ3) is 4.84. The second kappa shape index (κ2) is 8.18. The van der Waals surface area contributed by atoms with E-state index in [0.29, 0.717) is 12.5 Å². The lowest BCUT2D eigenvalue weighted by atomic mass is 9.95. The average molecular weight is 266 g/mol. The molecular weight excluding hydrogens is 240 g/mol. The summed E-state index contributed by atoms with van der Waals surface area (Å²) in [4.78, 5) is 0. The van der Waals surface area contributed by atoms with Crippen LogP contribution in [0.25, 0.3) is 0 Å². The van der Waals surface area contributed by atoms with Crippen LogP contribution in [0.3, 0.4) is 0 Å². The molecule has 3 nitrogen and oxygen atoms in total. The van der Waals surface area contributed by atoms with Crippen molar-refractivity contribution in [2.45, 2.75) is 39.5 Å². The van der Waals surface area contributed by atoms with Gasteiger partial charge in [0.05, 0.1) is 6.61 Å². The Hall–Kier alpha value is -1.06. The molecule has 0 atom stereocenters. The van der Waals surface area contributed by atoms with Crippen molar-refractivity contribution >= 4 is 0 Å². The Bertz CT molecular complexity index is 370. The van der Waals surface area contributed by atoms with Gasteiger partial charge in [0.25, 0.3) is 0 Å². The van der Waals surface area contributed by atoms with E-state index in [0.717, 1.165) is 18.6 Å². The van der Waals surface area contributed by atoms with Gasteiger partial charge >= 0.3 is 0 Å². The van der Waals surface area contributed by atoms with Gasteiger partial charge in [0.2, 0.25) is 0 Å². The zero-order valence-corrected chi connectivity index (χ0v) is 12.2. The van der Waals surface area contributed by atoms with E-state index in [1.165, 1.54) is 11.1 Å². The van der Waals surface area contributed by atoms with Crippen molar-refractivity contribution in [3.05, 3.63) is 29.3 Å². The van der Waals surface area contributed by atoms with Crippen molar-refractivity contribution in [2.24, 2.45) is 5.92 Å². The zero-order valence-electron chi connectivity index (χ0n) is 12.2. The first kappa shape index (κ1) is 16.0. The van der Waals surface area contributed by atoms with Gasteiger partial charge in [0, 0.05) is 19.1 Å². The van der Waals surface area contributed by atoms with Crippen LogP contribution < -0.4 is 4.74 Å². The van der Waals surface area contributed by atoms with Crippen LogP contribution in [0.5, 0.6) is 5.75 Å². The van der Waals surface area contributed by atoms with Crippen LogP contribution in [0, 0.1) is 5.92 Å². The molecular formula is C16H26O3. The molecule has 0 bridgehead atoms. The van der Waals surface area contributed by atoms with E-state index >= 15 is 0 Å². The molecule has 108 valence electrons. The fourth-order valence-corrected chi connectivity index (χ4v) is 2.10. The van der Waals surface area contributed by atoms with Crippen molar-refractivity contribution in [1.29, 1.82) is 0 Å². The van der Waals surface area contributed by atoms with Gasteiger partial charge in [0.1, 0.15) is 5.75 Å². The molecule has 0 heterocycles. The Kier molecular flexibility index (Phi) is 6.89. The molecule has 0 aliphatic rings. The summed E-state index contributed by atoms with van der Waals surface area (Å²) in [6.07, 6.45) is 1.68. The fourth-order valence-electron chi connectivity index (χ4n) is 2.10. The smallest absolute Gasteiger partial charge is 0.122 e. The summed E-state index contributed by atoms with van der Waals surface area (Å²) in [6, 6.07) is 6.28. The van der Waals surface area contributed by atoms with Crippen molar-refractivity contribution in [3.63, 3.8) is 0 Å². The number of aryl methyl sites for hydroxylation is 1. The van der Waals surface area contributed by atoms with Crippen LogP contribution in [-0.2, 0) is 6.42 Å². The first-order valence-corrected chi connectivity index (χ1v) is 7.09. The maximum atomic E-state index is 9.08. The maximum absolute atomic E-state index is 9.08. The summed E-state index contributed by atoms with van der Waals surface area (Å²) in [5.74, 6) is 1.36. The molecule has 0 unspecified atom stereocenters. The van der Waals surface area contributed by atoms with Gasteiger partial charge in [-0.15, -0.1) is 0 Å². The Morgan fingerprint density at radius 3 is 2.37 bits per heavy atom. The van der Waals surface area contributed by atoms with Crippen molar-refractivity contribution in [3.8, 4) is 5.75 Å². The number of hydrogen-bond donors (Lipinski definition) is 2. The Morgan fingerprint density at radius 1 is 1.16 bits per heavy atom. The Labute approximate surface area is 116 Å². The van der Waals surface area contributed by atoms with Crippen LogP contribution in [0.15, 0.2) is 18.2 Å². The van der Waals surface area contributed by atoms with Gasteiger partial charge < -0.3 is 14.9 Å². The molecule has 0 aliphatic heterocycles. The number of benzene rings is 1. The molecule has 19 heavy (non-hydrogen) atoms. The van der Waals surface area contributed by atoms with Crippen molar-refractivity contribution in [1.82, 2.24) is 0 Å². The summed E-state index contributed by atoms with van der Waals surface area (Å²) in [7, 11) is 0. The lowest BCUT2D eigenvalue weighted by Crippen LogP contribution is -2.12. The van der Waals surface area contributed by atoms with Gasteiger partial charge in [-0.25, -0.2) is 0 Å². The minimum Gasteiger partial charge on any atom is -0.494 e. The Morgan fingerprint density at radius 2 is 1.84 bits per heavy atom. The molecule has 0 radical (unpaired) electrons. The lowest BCUT2D eigenvalue weighted by Gasteiger charge is -2.16. The molecule has 0 saturated heterocycles. The molecule has 2 N–H and O–H groups in total. The number of ether oxygens (including phenoxy) is 1. The fraction of sp³-hybridized carbons (Fsp3) is 0.625. The standard InChI is InChI=1S/C16H26O3/c1-4-19-16-8-7-13(9-15(16)12(2)3)5-6-14(10-17)11-18/h7-9,12,14,17-18H,4-6,10-11H2,1-3H3. The van der Waals surface area contributed by atoms with E-state index in [-0.39, 0.29) is 19.1 Å². The van der Waals surface area contributed by atoms with Crippen LogP contribution in [0.4, 0.5) is 0 Å². The van der Waals surface area contributed by atoms with E-state index in [9.17, 15) is 0 Å². The molecule has 1 aromatic carbocycles. The van der Waals surface area contributed by atoms with E-state index in [1.54, 1.807) is 0 Å². The van der Waals surface area contributed by atoms with Crippen LogP contribution in [0.2, 0.25) is 0 Å². The summed E-state index contributed by atoms with van der Waals surface area (Å²) in [5, 5.41) is 18.2. The predicted octanol–water partition coefficient (Wildman–Crippen LogP) is 2.74.